The molecule has 0 radical (unpaired) electrons. The molecule has 0 fully saturated rings. The highest BCUT2D eigenvalue weighted by Crippen LogP contribution is 2.29. The fraction of sp³-hybridized carbons (Fsp3) is 0.235. The lowest BCUT2D eigenvalue weighted by Crippen LogP contribution is -2.19. The summed E-state index contributed by atoms with van der Waals surface area (Å²) in [5.74, 6) is 0.0806. The van der Waals surface area contributed by atoms with Crippen molar-refractivity contribution >= 4 is 23.0 Å². The monoisotopic (exact) mass is 329 g/mol. The first-order valence-corrected chi connectivity index (χ1v) is 7.25. The van der Waals surface area contributed by atoms with E-state index in [-0.39, 0.29) is 11.3 Å². The van der Waals surface area contributed by atoms with Gasteiger partial charge in [0.2, 0.25) is 0 Å². The lowest BCUT2D eigenvalue weighted by molar-refractivity contribution is -0.384. The number of nitrogens with zero attached hydrogens (tertiary/aromatic N) is 2. The van der Waals surface area contributed by atoms with Crippen molar-refractivity contribution in [3.8, 4) is 5.75 Å². The zero-order valence-corrected chi connectivity index (χ0v) is 14.0. The van der Waals surface area contributed by atoms with Crippen molar-refractivity contribution in [1.29, 1.82) is 0 Å². The smallest absolute Gasteiger partial charge is 0.270 e. The Balaban J connectivity index is 2.44. The van der Waals surface area contributed by atoms with Gasteiger partial charge in [-0.1, -0.05) is 6.07 Å². The Labute approximate surface area is 140 Å². The topological polar surface area (TPSA) is 84.7 Å². The summed E-state index contributed by atoms with van der Waals surface area (Å²) in [6, 6.07) is 9.61. The highest BCUT2D eigenvalue weighted by Gasteiger charge is 2.19. The largest absolute Gasteiger partial charge is 0.495 e. The molecule has 0 aliphatic heterocycles. The van der Waals surface area contributed by atoms with Crippen molar-refractivity contribution in [2.75, 3.05) is 31.4 Å². The summed E-state index contributed by atoms with van der Waals surface area (Å²) in [4.78, 5) is 24.9. The van der Waals surface area contributed by atoms with E-state index in [0.29, 0.717) is 17.1 Å². The van der Waals surface area contributed by atoms with Gasteiger partial charge in [-0.15, -0.1) is 0 Å². The molecule has 2 rings (SSSR count). The van der Waals surface area contributed by atoms with Gasteiger partial charge in [-0.05, 0) is 30.7 Å². The summed E-state index contributed by atoms with van der Waals surface area (Å²) >= 11 is 0. The number of anilines is 2. The Morgan fingerprint density at radius 2 is 1.92 bits per heavy atom. The van der Waals surface area contributed by atoms with Gasteiger partial charge < -0.3 is 15.0 Å². The number of methoxy groups -OCH3 is 1. The van der Waals surface area contributed by atoms with Crippen molar-refractivity contribution in [3.05, 3.63) is 57.6 Å². The molecule has 0 spiro atoms. The average molecular weight is 329 g/mol. The van der Waals surface area contributed by atoms with E-state index in [4.69, 9.17) is 4.74 Å². The minimum Gasteiger partial charge on any atom is -0.495 e. The van der Waals surface area contributed by atoms with Crippen molar-refractivity contribution in [2.24, 2.45) is 0 Å². The van der Waals surface area contributed by atoms with Crippen LogP contribution in [0.25, 0.3) is 0 Å². The van der Waals surface area contributed by atoms with Crippen LogP contribution in [0, 0.1) is 17.0 Å². The number of benzene rings is 2. The number of hydrogen-bond donors (Lipinski definition) is 1. The summed E-state index contributed by atoms with van der Waals surface area (Å²) in [6.07, 6.45) is 0. The van der Waals surface area contributed by atoms with E-state index in [1.807, 2.05) is 13.0 Å². The van der Waals surface area contributed by atoms with Crippen LogP contribution in [0.5, 0.6) is 5.75 Å². The summed E-state index contributed by atoms with van der Waals surface area (Å²) in [5, 5.41) is 13.8. The van der Waals surface area contributed by atoms with Crippen LogP contribution >= 0.6 is 0 Å². The second-order valence-corrected chi connectivity index (χ2v) is 5.51. The lowest BCUT2D eigenvalue weighted by atomic mass is 10.1. The number of nitro benzene ring substituents is 1. The standard InChI is InChI=1S/C17H19N3O4/c1-11-5-8-16(24-4)14(9-11)18-17(21)13-10-12(20(22)23)6-7-15(13)19(2)3/h5-10H,1-4H3,(H,18,21). The van der Waals surface area contributed by atoms with E-state index in [1.54, 1.807) is 37.2 Å². The molecule has 0 aromatic heterocycles. The molecule has 0 aliphatic rings. The third-order valence-corrected chi connectivity index (χ3v) is 3.52. The fourth-order valence-corrected chi connectivity index (χ4v) is 2.32. The van der Waals surface area contributed by atoms with Crippen LogP contribution in [0.15, 0.2) is 36.4 Å². The predicted molar refractivity (Wildman–Crippen MR) is 93.1 cm³/mol. The van der Waals surface area contributed by atoms with Crippen LogP contribution in [-0.2, 0) is 0 Å². The predicted octanol–water partition coefficient (Wildman–Crippen LogP) is 3.23. The highest BCUT2D eigenvalue weighted by atomic mass is 16.6. The van der Waals surface area contributed by atoms with Crippen LogP contribution in [-0.4, -0.2) is 32.0 Å². The van der Waals surface area contributed by atoms with Crippen molar-refractivity contribution in [3.63, 3.8) is 0 Å². The molecule has 1 amide bonds. The Bertz CT molecular complexity index is 787. The Morgan fingerprint density at radius 3 is 2.50 bits per heavy atom. The fourth-order valence-electron chi connectivity index (χ4n) is 2.32. The van der Waals surface area contributed by atoms with Crippen molar-refractivity contribution in [1.82, 2.24) is 0 Å². The summed E-state index contributed by atoms with van der Waals surface area (Å²) in [7, 11) is 5.05. The molecule has 0 bridgehead atoms. The van der Waals surface area contributed by atoms with E-state index in [0.717, 1.165) is 5.56 Å². The molecule has 0 heterocycles. The second kappa shape index (κ2) is 6.99. The van der Waals surface area contributed by atoms with Gasteiger partial charge in [0.25, 0.3) is 11.6 Å². The van der Waals surface area contributed by atoms with Gasteiger partial charge in [-0.25, -0.2) is 0 Å². The number of carbonyl (C=O) groups excluding carboxylic acids is 1. The minimum atomic E-state index is -0.524. The molecule has 24 heavy (non-hydrogen) atoms. The number of aryl methyl sites for hydroxylation is 1. The zero-order valence-electron chi connectivity index (χ0n) is 14.0. The van der Waals surface area contributed by atoms with Crippen LogP contribution in [0.3, 0.4) is 0 Å². The van der Waals surface area contributed by atoms with Crippen LogP contribution in [0.4, 0.5) is 17.1 Å². The van der Waals surface area contributed by atoms with E-state index >= 15 is 0 Å². The van der Waals surface area contributed by atoms with Gasteiger partial charge in [0.05, 0.1) is 23.3 Å². The molecule has 0 aliphatic carbocycles. The van der Waals surface area contributed by atoms with Gasteiger partial charge in [0.15, 0.2) is 0 Å². The number of non-ortho nitro benzene ring substituents is 1. The van der Waals surface area contributed by atoms with Gasteiger partial charge in [0, 0.05) is 31.9 Å². The van der Waals surface area contributed by atoms with E-state index in [1.165, 1.54) is 19.2 Å². The van der Waals surface area contributed by atoms with E-state index in [9.17, 15) is 14.9 Å². The minimum absolute atomic E-state index is 0.137. The Morgan fingerprint density at radius 1 is 1.21 bits per heavy atom. The van der Waals surface area contributed by atoms with Gasteiger partial charge >= 0.3 is 0 Å². The first kappa shape index (κ1) is 17.3. The summed E-state index contributed by atoms with van der Waals surface area (Å²) in [5.41, 5.74) is 2.14. The van der Waals surface area contributed by atoms with E-state index < -0.39 is 10.8 Å². The van der Waals surface area contributed by atoms with Gasteiger partial charge in [-0.2, -0.15) is 0 Å². The maximum absolute atomic E-state index is 12.7. The molecule has 7 nitrogen and oxygen atoms in total. The van der Waals surface area contributed by atoms with Crippen molar-refractivity contribution in [2.45, 2.75) is 6.92 Å². The molecule has 7 heteroatoms. The molecule has 2 aromatic carbocycles. The first-order valence-electron chi connectivity index (χ1n) is 7.25. The molecule has 0 saturated carbocycles. The molecule has 2 aromatic rings. The Kier molecular flexibility index (Phi) is 5.03. The molecule has 126 valence electrons. The maximum Gasteiger partial charge on any atom is 0.270 e. The molecule has 1 N–H and O–H groups in total. The zero-order chi connectivity index (χ0) is 17.9. The number of ether oxygens (including phenoxy) is 1. The number of nitro groups is 1. The van der Waals surface area contributed by atoms with Crippen LogP contribution < -0.4 is 15.0 Å². The quantitative estimate of drug-likeness (QED) is 0.672. The Hall–Kier alpha value is -3.09. The third kappa shape index (κ3) is 3.62. The number of nitrogens with one attached hydrogen (secondary N) is 1. The summed E-state index contributed by atoms with van der Waals surface area (Å²) < 4.78 is 5.24. The number of amides is 1. The molecular weight excluding hydrogens is 310 g/mol. The van der Waals surface area contributed by atoms with Crippen LogP contribution in [0.1, 0.15) is 15.9 Å². The third-order valence-electron chi connectivity index (χ3n) is 3.52. The van der Waals surface area contributed by atoms with Gasteiger partial charge in [-0.3, -0.25) is 14.9 Å². The summed E-state index contributed by atoms with van der Waals surface area (Å²) in [6.45, 7) is 1.90. The molecule has 0 atom stereocenters. The average Bonchev–Trinajstić information content (AvgIpc) is 2.54. The SMILES string of the molecule is COc1ccc(C)cc1NC(=O)c1cc([N+](=O)[O-])ccc1N(C)C. The second-order valence-electron chi connectivity index (χ2n) is 5.51. The molecular formula is C17H19N3O4. The number of rotatable bonds is 5. The van der Waals surface area contributed by atoms with E-state index in [2.05, 4.69) is 5.32 Å². The van der Waals surface area contributed by atoms with Gasteiger partial charge in [0.1, 0.15) is 5.75 Å². The number of carbonyl (C=O) groups is 1. The maximum atomic E-state index is 12.7. The lowest BCUT2D eigenvalue weighted by Gasteiger charge is -2.17. The van der Waals surface area contributed by atoms with Crippen molar-refractivity contribution < 1.29 is 14.5 Å². The first-order chi connectivity index (χ1) is 11.3. The normalized spacial score (nSPS) is 10.2. The highest BCUT2D eigenvalue weighted by molar-refractivity contribution is 6.09. The van der Waals surface area contributed by atoms with Crippen LogP contribution in [0.2, 0.25) is 0 Å². The molecule has 0 unspecified atom stereocenters. The molecule has 0 saturated heterocycles. The number of hydrogen-bond acceptors (Lipinski definition) is 5.